The number of carbonyl (C=O) groups excluding carboxylic acids is 1. The van der Waals surface area contributed by atoms with Gasteiger partial charge in [-0.3, -0.25) is 4.79 Å². The predicted molar refractivity (Wildman–Crippen MR) is 79.2 cm³/mol. The molecular weight excluding hydrogens is 279 g/mol. The summed E-state index contributed by atoms with van der Waals surface area (Å²) < 4.78 is 13.4. The summed E-state index contributed by atoms with van der Waals surface area (Å²) in [7, 11) is 0. The molecule has 1 aromatic carbocycles. The molecule has 1 fully saturated rings. The summed E-state index contributed by atoms with van der Waals surface area (Å²) in [6.07, 6.45) is 3.57. The Morgan fingerprint density at radius 3 is 2.70 bits per heavy atom. The van der Waals surface area contributed by atoms with Crippen LogP contribution < -0.4 is 11.1 Å². The molecule has 5 heteroatoms. The number of halogens is 2. The molecular formula is C15H20ClFN2O. The lowest BCUT2D eigenvalue weighted by Crippen LogP contribution is -2.44. The van der Waals surface area contributed by atoms with Crippen LogP contribution in [0.25, 0.3) is 0 Å². The molecule has 2 rings (SSSR count). The van der Waals surface area contributed by atoms with Crippen LogP contribution in [0.15, 0.2) is 18.2 Å². The van der Waals surface area contributed by atoms with Crippen molar-refractivity contribution in [2.24, 2.45) is 17.1 Å². The molecule has 1 aliphatic carbocycles. The SMILES string of the molecule is CC1CCC(CN)(C(=O)Nc2ccc(Cl)c(F)c2)CC1. The Hall–Kier alpha value is -1.13. The molecule has 0 unspecified atom stereocenters. The van der Waals surface area contributed by atoms with Crippen molar-refractivity contribution in [2.45, 2.75) is 32.6 Å². The van der Waals surface area contributed by atoms with Crippen LogP contribution in [-0.4, -0.2) is 12.5 Å². The Morgan fingerprint density at radius 1 is 1.50 bits per heavy atom. The van der Waals surface area contributed by atoms with Crippen molar-refractivity contribution in [3.8, 4) is 0 Å². The molecule has 3 N–H and O–H groups in total. The Kier molecular flexibility index (Phi) is 4.66. The molecule has 0 radical (unpaired) electrons. The summed E-state index contributed by atoms with van der Waals surface area (Å²) in [5, 5.41) is 2.81. The molecule has 1 aliphatic rings. The number of hydrogen-bond acceptors (Lipinski definition) is 2. The molecule has 0 heterocycles. The second-order valence-corrected chi connectivity index (χ2v) is 6.16. The highest BCUT2D eigenvalue weighted by atomic mass is 35.5. The lowest BCUT2D eigenvalue weighted by molar-refractivity contribution is -0.127. The molecule has 20 heavy (non-hydrogen) atoms. The number of nitrogens with two attached hydrogens (primary N) is 1. The van der Waals surface area contributed by atoms with Crippen molar-refractivity contribution >= 4 is 23.2 Å². The van der Waals surface area contributed by atoms with Crippen LogP contribution in [0.3, 0.4) is 0 Å². The summed E-state index contributed by atoms with van der Waals surface area (Å²) in [4.78, 5) is 12.5. The van der Waals surface area contributed by atoms with E-state index in [4.69, 9.17) is 17.3 Å². The highest BCUT2D eigenvalue weighted by Gasteiger charge is 2.39. The first-order chi connectivity index (χ1) is 9.47. The molecule has 1 amide bonds. The summed E-state index contributed by atoms with van der Waals surface area (Å²) >= 11 is 5.63. The minimum absolute atomic E-state index is 0.0445. The number of carbonyl (C=O) groups is 1. The molecule has 0 saturated heterocycles. The molecule has 1 saturated carbocycles. The average molecular weight is 299 g/mol. The Morgan fingerprint density at radius 2 is 2.15 bits per heavy atom. The van der Waals surface area contributed by atoms with Gasteiger partial charge in [0.15, 0.2) is 0 Å². The van der Waals surface area contributed by atoms with Gasteiger partial charge in [-0.2, -0.15) is 0 Å². The Balaban J connectivity index is 2.11. The summed E-state index contributed by atoms with van der Waals surface area (Å²) in [5.74, 6) is -0.0207. The van der Waals surface area contributed by atoms with Crippen molar-refractivity contribution in [3.63, 3.8) is 0 Å². The fraction of sp³-hybridized carbons (Fsp3) is 0.533. The maximum Gasteiger partial charge on any atom is 0.231 e. The highest BCUT2D eigenvalue weighted by Crippen LogP contribution is 2.39. The average Bonchev–Trinajstić information content (AvgIpc) is 2.44. The smallest absolute Gasteiger partial charge is 0.231 e. The summed E-state index contributed by atoms with van der Waals surface area (Å²) in [6.45, 7) is 2.51. The molecule has 0 atom stereocenters. The first-order valence-corrected chi connectivity index (χ1v) is 7.31. The van der Waals surface area contributed by atoms with Gasteiger partial charge in [0.05, 0.1) is 10.4 Å². The van der Waals surface area contributed by atoms with E-state index in [0.717, 1.165) is 25.7 Å². The number of anilines is 1. The van der Waals surface area contributed by atoms with Crippen molar-refractivity contribution in [3.05, 3.63) is 29.0 Å². The van der Waals surface area contributed by atoms with Gasteiger partial charge in [-0.05, 0) is 49.8 Å². The molecule has 0 bridgehead atoms. The van der Waals surface area contributed by atoms with E-state index in [0.29, 0.717) is 18.2 Å². The lowest BCUT2D eigenvalue weighted by Gasteiger charge is -2.37. The number of nitrogens with one attached hydrogen (secondary N) is 1. The predicted octanol–water partition coefficient (Wildman–Crippen LogP) is 3.57. The minimum Gasteiger partial charge on any atom is -0.329 e. The van der Waals surface area contributed by atoms with Crippen LogP contribution in [0.1, 0.15) is 32.6 Å². The van der Waals surface area contributed by atoms with E-state index in [2.05, 4.69) is 12.2 Å². The second kappa shape index (κ2) is 6.10. The maximum absolute atomic E-state index is 13.4. The van der Waals surface area contributed by atoms with E-state index < -0.39 is 11.2 Å². The van der Waals surface area contributed by atoms with E-state index in [-0.39, 0.29) is 10.9 Å². The van der Waals surface area contributed by atoms with Gasteiger partial charge in [-0.15, -0.1) is 0 Å². The molecule has 3 nitrogen and oxygen atoms in total. The third-order valence-electron chi connectivity index (χ3n) is 4.28. The van der Waals surface area contributed by atoms with Gasteiger partial charge in [-0.1, -0.05) is 18.5 Å². The fourth-order valence-electron chi connectivity index (χ4n) is 2.68. The molecule has 0 aromatic heterocycles. The maximum atomic E-state index is 13.4. The third kappa shape index (κ3) is 3.13. The zero-order valence-corrected chi connectivity index (χ0v) is 12.3. The normalized spacial score (nSPS) is 26.3. The lowest BCUT2D eigenvalue weighted by atomic mass is 9.70. The van der Waals surface area contributed by atoms with Gasteiger partial charge in [-0.25, -0.2) is 4.39 Å². The van der Waals surface area contributed by atoms with E-state index >= 15 is 0 Å². The standard InChI is InChI=1S/C15H20ClFN2O/c1-10-4-6-15(9-18,7-5-10)14(20)19-11-2-3-12(16)13(17)8-11/h2-3,8,10H,4-7,9,18H2,1H3,(H,19,20). The van der Waals surface area contributed by atoms with Crippen molar-refractivity contribution in [2.75, 3.05) is 11.9 Å². The van der Waals surface area contributed by atoms with Gasteiger partial charge in [0.25, 0.3) is 0 Å². The zero-order valence-electron chi connectivity index (χ0n) is 11.6. The van der Waals surface area contributed by atoms with Crippen molar-refractivity contribution < 1.29 is 9.18 Å². The van der Waals surface area contributed by atoms with Gasteiger partial charge < -0.3 is 11.1 Å². The van der Waals surface area contributed by atoms with E-state index in [1.54, 1.807) is 6.07 Å². The second-order valence-electron chi connectivity index (χ2n) is 5.75. The van der Waals surface area contributed by atoms with Gasteiger partial charge in [0, 0.05) is 12.2 Å². The minimum atomic E-state index is -0.538. The number of rotatable bonds is 3. The fourth-order valence-corrected chi connectivity index (χ4v) is 2.79. The first kappa shape index (κ1) is 15.3. The van der Waals surface area contributed by atoms with E-state index in [9.17, 15) is 9.18 Å². The van der Waals surface area contributed by atoms with Crippen LogP contribution in [0.2, 0.25) is 5.02 Å². The highest BCUT2D eigenvalue weighted by molar-refractivity contribution is 6.30. The van der Waals surface area contributed by atoms with Gasteiger partial charge in [0.1, 0.15) is 5.82 Å². The molecule has 1 aromatic rings. The quantitative estimate of drug-likeness (QED) is 0.896. The van der Waals surface area contributed by atoms with Crippen LogP contribution in [-0.2, 0) is 4.79 Å². The largest absolute Gasteiger partial charge is 0.329 e. The Bertz CT molecular complexity index is 499. The molecule has 110 valence electrons. The van der Waals surface area contributed by atoms with E-state index in [1.807, 2.05) is 0 Å². The monoisotopic (exact) mass is 298 g/mol. The van der Waals surface area contributed by atoms with Gasteiger partial charge in [0.2, 0.25) is 5.91 Å². The van der Waals surface area contributed by atoms with Crippen LogP contribution >= 0.6 is 11.6 Å². The Labute approximate surface area is 123 Å². The topological polar surface area (TPSA) is 55.1 Å². The number of benzene rings is 1. The molecule has 0 aliphatic heterocycles. The summed E-state index contributed by atoms with van der Waals surface area (Å²) in [5.41, 5.74) is 5.73. The van der Waals surface area contributed by atoms with E-state index in [1.165, 1.54) is 12.1 Å². The van der Waals surface area contributed by atoms with Crippen LogP contribution in [0, 0.1) is 17.2 Å². The number of amides is 1. The number of hydrogen-bond donors (Lipinski definition) is 2. The van der Waals surface area contributed by atoms with Crippen molar-refractivity contribution in [1.29, 1.82) is 0 Å². The zero-order chi connectivity index (χ0) is 14.8. The van der Waals surface area contributed by atoms with Crippen molar-refractivity contribution in [1.82, 2.24) is 0 Å². The van der Waals surface area contributed by atoms with Crippen LogP contribution in [0.5, 0.6) is 0 Å². The van der Waals surface area contributed by atoms with Crippen LogP contribution in [0.4, 0.5) is 10.1 Å². The third-order valence-corrected chi connectivity index (χ3v) is 4.59. The van der Waals surface area contributed by atoms with Gasteiger partial charge >= 0.3 is 0 Å². The summed E-state index contributed by atoms with van der Waals surface area (Å²) in [6, 6.07) is 4.26. The first-order valence-electron chi connectivity index (χ1n) is 6.93. The molecule has 0 spiro atoms.